The van der Waals surface area contributed by atoms with Gasteiger partial charge in [0.25, 0.3) is 10.0 Å². The zero-order chi connectivity index (χ0) is 19.0. The first-order valence-electron chi connectivity index (χ1n) is 8.65. The lowest BCUT2D eigenvalue weighted by Crippen LogP contribution is -2.46. The number of aromatic nitrogens is 2. The molecule has 8 nitrogen and oxygen atoms in total. The first kappa shape index (κ1) is 17.4. The second-order valence-electron chi connectivity index (χ2n) is 6.57. The van der Waals surface area contributed by atoms with E-state index >= 15 is 0 Å². The van der Waals surface area contributed by atoms with Gasteiger partial charge >= 0.3 is 0 Å². The van der Waals surface area contributed by atoms with E-state index in [1.54, 1.807) is 30.5 Å². The Morgan fingerprint density at radius 2 is 1.96 bits per heavy atom. The van der Waals surface area contributed by atoms with Crippen molar-refractivity contribution < 1.29 is 8.42 Å². The van der Waals surface area contributed by atoms with E-state index in [0.717, 1.165) is 25.9 Å². The molecule has 0 amide bonds. The molecule has 0 atom stereocenters. The molecule has 27 heavy (non-hydrogen) atoms. The number of benzene rings is 1. The maximum atomic E-state index is 12.3. The molecule has 0 aliphatic carbocycles. The molecule has 4 rings (SSSR count). The highest BCUT2D eigenvalue weighted by Crippen LogP contribution is 2.29. The van der Waals surface area contributed by atoms with E-state index in [1.807, 2.05) is 29.0 Å². The van der Waals surface area contributed by atoms with Crippen molar-refractivity contribution in [2.24, 2.45) is 4.40 Å². The molecule has 0 spiro atoms. The molecule has 1 aromatic carbocycles. The third-order valence-corrected chi connectivity index (χ3v) is 6.32. The minimum atomic E-state index is -3.61. The smallest absolute Gasteiger partial charge is 0.285 e. The zero-order valence-electron chi connectivity index (χ0n) is 14.8. The Balaban J connectivity index is 1.50. The van der Waals surface area contributed by atoms with Crippen LogP contribution in [-0.4, -0.2) is 55.3 Å². The van der Waals surface area contributed by atoms with Crippen LogP contribution in [0.15, 0.2) is 45.8 Å². The van der Waals surface area contributed by atoms with Crippen molar-refractivity contribution in [1.29, 1.82) is 5.26 Å². The number of amidine groups is 1. The van der Waals surface area contributed by atoms with E-state index < -0.39 is 10.0 Å². The predicted molar refractivity (Wildman–Crippen MR) is 99.9 cm³/mol. The van der Waals surface area contributed by atoms with Gasteiger partial charge < -0.3 is 9.80 Å². The van der Waals surface area contributed by atoms with E-state index in [9.17, 15) is 8.42 Å². The lowest BCUT2D eigenvalue weighted by molar-refractivity contribution is 0.305. The molecule has 0 radical (unpaired) electrons. The molecule has 3 heterocycles. The van der Waals surface area contributed by atoms with Gasteiger partial charge in [-0.15, -0.1) is 4.40 Å². The molecule has 9 heteroatoms. The van der Waals surface area contributed by atoms with Gasteiger partial charge in [-0.25, -0.2) is 9.97 Å². The molecule has 138 valence electrons. The Bertz CT molecular complexity index is 1050. The van der Waals surface area contributed by atoms with E-state index in [4.69, 9.17) is 5.26 Å². The van der Waals surface area contributed by atoms with Crippen molar-refractivity contribution in [2.45, 2.75) is 23.8 Å². The van der Waals surface area contributed by atoms with Crippen LogP contribution < -0.4 is 4.90 Å². The van der Waals surface area contributed by atoms with Crippen molar-refractivity contribution in [3.05, 3.63) is 47.8 Å². The van der Waals surface area contributed by atoms with Crippen LogP contribution in [0.4, 0.5) is 5.95 Å². The normalized spacial score (nSPS) is 18.5. The lowest BCUT2D eigenvalue weighted by Gasteiger charge is -2.37. The molecule has 2 aromatic rings. The molecule has 1 aromatic heterocycles. The van der Waals surface area contributed by atoms with E-state index in [2.05, 4.69) is 14.4 Å². The molecule has 0 bridgehead atoms. The Hall–Kier alpha value is -2.99. The number of fused-ring (bicyclic) bond motifs is 1. The van der Waals surface area contributed by atoms with Crippen molar-refractivity contribution in [1.82, 2.24) is 14.9 Å². The minimum absolute atomic E-state index is 0.167. The molecule has 0 N–H and O–H groups in total. The largest absolute Gasteiger partial charge is 0.355 e. The number of sulfonamides is 1. The lowest BCUT2D eigenvalue weighted by atomic mass is 10.0. The number of hydrogen-bond acceptors (Lipinski definition) is 7. The predicted octanol–water partition coefficient (Wildman–Crippen LogP) is 1.40. The Kier molecular flexibility index (Phi) is 4.28. The maximum absolute atomic E-state index is 12.3. The number of piperidine rings is 1. The van der Waals surface area contributed by atoms with Crippen LogP contribution >= 0.6 is 0 Å². The third-order valence-electron chi connectivity index (χ3n) is 5.00. The summed E-state index contributed by atoms with van der Waals surface area (Å²) in [6, 6.07) is 10.7. The monoisotopic (exact) mass is 382 g/mol. The van der Waals surface area contributed by atoms with Crippen LogP contribution in [0.1, 0.15) is 24.1 Å². The Morgan fingerprint density at radius 1 is 1.22 bits per heavy atom. The van der Waals surface area contributed by atoms with Gasteiger partial charge in [0.1, 0.15) is 16.7 Å². The van der Waals surface area contributed by atoms with Crippen LogP contribution in [0, 0.1) is 11.3 Å². The fourth-order valence-electron chi connectivity index (χ4n) is 3.53. The Labute approximate surface area is 157 Å². The summed E-state index contributed by atoms with van der Waals surface area (Å²) in [6.45, 7) is 1.46. The van der Waals surface area contributed by atoms with Gasteiger partial charge in [0.05, 0.1) is 0 Å². The molecule has 2 aliphatic heterocycles. The molecule has 1 saturated heterocycles. The standard InChI is InChI=1S/C18H18N6O2S/c1-23(17-15-4-2-3-5-16(15)27(25,26)22-17)14-7-10-24(11-8-14)18-20-9-6-13(12-19)21-18/h2-6,9,14H,7-8,10-11H2,1H3. The van der Waals surface area contributed by atoms with Crippen LogP contribution in [0.3, 0.4) is 0 Å². The zero-order valence-corrected chi connectivity index (χ0v) is 15.6. The van der Waals surface area contributed by atoms with E-state index in [-0.39, 0.29) is 10.9 Å². The first-order chi connectivity index (χ1) is 13.0. The summed E-state index contributed by atoms with van der Waals surface area (Å²) in [7, 11) is -1.72. The van der Waals surface area contributed by atoms with Gasteiger partial charge in [0, 0.05) is 37.9 Å². The second kappa shape index (κ2) is 6.63. The van der Waals surface area contributed by atoms with Crippen LogP contribution in [0.25, 0.3) is 0 Å². The molecule has 1 fully saturated rings. The molecular formula is C18H18N6O2S. The molecular weight excluding hydrogens is 364 g/mol. The number of hydrogen-bond donors (Lipinski definition) is 0. The second-order valence-corrected chi connectivity index (χ2v) is 8.14. The van der Waals surface area contributed by atoms with Gasteiger partial charge in [-0.3, -0.25) is 0 Å². The fourth-order valence-corrected chi connectivity index (χ4v) is 4.77. The van der Waals surface area contributed by atoms with Crippen molar-refractivity contribution >= 4 is 21.8 Å². The highest BCUT2D eigenvalue weighted by Gasteiger charge is 2.34. The summed E-state index contributed by atoms with van der Waals surface area (Å²) < 4.78 is 28.6. The average Bonchev–Trinajstić information content (AvgIpc) is 2.99. The summed E-state index contributed by atoms with van der Waals surface area (Å²) >= 11 is 0. The van der Waals surface area contributed by atoms with Crippen LogP contribution in [0.5, 0.6) is 0 Å². The van der Waals surface area contributed by atoms with Gasteiger partial charge in [-0.2, -0.15) is 13.7 Å². The van der Waals surface area contributed by atoms with Gasteiger partial charge in [-0.05, 0) is 31.0 Å². The quantitative estimate of drug-likeness (QED) is 0.773. The number of rotatable bonds is 2. The number of anilines is 1. The highest BCUT2D eigenvalue weighted by molar-refractivity contribution is 7.90. The summed E-state index contributed by atoms with van der Waals surface area (Å²) in [6.07, 6.45) is 3.23. The maximum Gasteiger partial charge on any atom is 0.285 e. The summed E-state index contributed by atoms with van der Waals surface area (Å²) in [5.74, 6) is 1.06. The molecule has 2 aliphatic rings. The summed E-state index contributed by atoms with van der Waals surface area (Å²) in [4.78, 5) is 12.8. The summed E-state index contributed by atoms with van der Waals surface area (Å²) in [5, 5.41) is 8.99. The molecule has 0 saturated carbocycles. The minimum Gasteiger partial charge on any atom is -0.355 e. The van der Waals surface area contributed by atoms with Gasteiger partial charge in [-0.1, -0.05) is 12.1 Å². The average molecular weight is 382 g/mol. The van der Waals surface area contributed by atoms with Crippen LogP contribution in [-0.2, 0) is 10.0 Å². The van der Waals surface area contributed by atoms with Gasteiger partial charge in [0.15, 0.2) is 5.84 Å². The number of nitrogens with zero attached hydrogens (tertiary/aromatic N) is 6. The van der Waals surface area contributed by atoms with Crippen molar-refractivity contribution in [2.75, 3.05) is 25.0 Å². The Morgan fingerprint density at radius 3 is 2.70 bits per heavy atom. The van der Waals surface area contributed by atoms with E-state index in [1.165, 1.54) is 0 Å². The third kappa shape index (κ3) is 3.13. The summed E-state index contributed by atoms with van der Waals surface area (Å²) in [5.41, 5.74) is 1.01. The SMILES string of the molecule is CN(C1=NS(=O)(=O)c2ccccc21)C1CCN(c2nccc(C#N)n2)CC1. The van der Waals surface area contributed by atoms with E-state index in [0.29, 0.717) is 23.0 Å². The van der Waals surface area contributed by atoms with Crippen molar-refractivity contribution in [3.63, 3.8) is 0 Å². The fraction of sp³-hybridized carbons (Fsp3) is 0.333. The topological polar surface area (TPSA) is 103 Å². The van der Waals surface area contributed by atoms with Gasteiger partial charge in [0.2, 0.25) is 5.95 Å². The molecule has 0 unspecified atom stereocenters. The van der Waals surface area contributed by atoms with Crippen molar-refractivity contribution in [3.8, 4) is 6.07 Å². The van der Waals surface area contributed by atoms with Crippen LogP contribution in [0.2, 0.25) is 0 Å². The highest BCUT2D eigenvalue weighted by atomic mass is 32.2. The number of nitriles is 1. The first-order valence-corrected chi connectivity index (χ1v) is 10.1.